The molecule has 100 valence electrons. The molecule has 18 heavy (non-hydrogen) atoms. The van der Waals surface area contributed by atoms with Crippen LogP contribution in [-0.2, 0) is 17.4 Å². The molecule has 0 bridgehead atoms. The van der Waals surface area contributed by atoms with Gasteiger partial charge in [0.15, 0.2) is 0 Å². The van der Waals surface area contributed by atoms with E-state index < -0.39 is 41.9 Å². The van der Waals surface area contributed by atoms with E-state index in [1.165, 1.54) is 22.6 Å². The monoisotopic (exact) mass is 381 g/mol. The van der Waals surface area contributed by atoms with Crippen LogP contribution in [-0.4, -0.2) is 16.1 Å². The Labute approximate surface area is 111 Å². The zero-order chi connectivity index (χ0) is 14.1. The number of hydrogen-bond donors (Lipinski definition) is 1. The van der Waals surface area contributed by atoms with Crippen LogP contribution in [0.5, 0.6) is 0 Å². The van der Waals surface area contributed by atoms with Gasteiger partial charge < -0.3 is 5.11 Å². The third-order valence-corrected chi connectivity index (χ3v) is 2.87. The van der Waals surface area contributed by atoms with Crippen molar-refractivity contribution in [2.75, 3.05) is 0 Å². The first-order chi connectivity index (χ1) is 8.12. The molecule has 0 fully saturated rings. The van der Waals surface area contributed by atoms with E-state index >= 15 is 0 Å². The summed E-state index contributed by atoms with van der Waals surface area (Å²) in [5.41, 5.74) is -3.21. The molecule has 0 saturated heterocycles. The quantitative estimate of drug-likeness (QED) is 0.646. The molecule has 1 rings (SSSR count). The van der Waals surface area contributed by atoms with Gasteiger partial charge in [0.25, 0.3) is 6.43 Å². The number of halogens is 6. The highest BCUT2D eigenvalue weighted by atomic mass is 127. The summed E-state index contributed by atoms with van der Waals surface area (Å²) in [6.07, 6.45) is -9.06. The fourth-order valence-corrected chi connectivity index (χ4v) is 1.99. The molecule has 0 aliphatic carbocycles. The maximum absolute atomic E-state index is 12.6. The molecule has 1 aromatic heterocycles. The highest BCUT2D eigenvalue weighted by Crippen LogP contribution is 2.34. The Bertz CT molecular complexity index is 475. The van der Waals surface area contributed by atoms with Crippen LogP contribution in [0.2, 0.25) is 0 Å². The number of carboxylic acids is 1. The molecule has 0 aliphatic rings. The third kappa shape index (κ3) is 3.50. The van der Waals surface area contributed by atoms with E-state index in [1.54, 1.807) is 0 Å². The second-order valence-corrected chi connectivity index (χ2v) is 4.39. The Hall–Kier alpha value is -1.00. The summed E-state index contributed by atoms with van der Waals surface area (Å²) in [6.45, 7) is 0. The van der Waals surface area contributed by atoms with Crippen molar-refractivity contribution >= 4 is 28.6 Å². The van der Waals surface area contributed by atoms with Gasteiger partial charge in [0.2, 0.25) is 0 Å². The van der Waals surface area contributed by atoms with Crippen LogP contribution in [0, 0.1) is 3.57 Å². The number of rotatable bonds is 3. The van der Waals surface area contributed by atoms with Crippen LogP contribution in [0.4, 0.5) is 22.0 Å². The van der Waals surface area contributed by atoms with Crippen molar-refractivity contribution in [1.29, 1.82) is 0 Å². The van der Waals surface area contributed by atoms with E-state index in [0.29, 0.717) is 0 Å². The largest absolute Gasteiger partial charge is 0.481 e. The minimum absolute atomic E-state index is 0.201. The SMILES string of the molecule is O=C(O)Cc1c(I)cc(C(F)F)nc1C(F)(F)F. The van der Waals surface area contributed by atoms with Gasteiger partial charge >= 0.3 is 12.1 Å². The van der Waals surface area contributed by atoms with Crippen LogP contribution >= 0.6 is 22.6 Å². The molecule has 0 spiro atoms. The van der Waals surface area contributed by atoms with Gasteiger partial charge in [-0.3, -0.25) is 4.79 Å². The van der Waals surface area contributed by atoms with Gasteiger partial charge in [0.05, 0.1) is 6.42 Å². The summed E-state index contributed by atoms with van der Waals surface area (Å²) < 4.78 is 62.4. The van der Waals surface area contributed by atoms with Crippen LogP contribution in [0.15, 0.2) is 6.07 Å². The topological polar surface area (TPSA) is 50.2 Å². The Morgan fingerprint density at radius 1 is 1.44 bits per heavy atom. The third-order valence-electron chi connectivity index (χ3n) is 1.91. The smallest absolute Gasteiger partial charge is 0.433 e. The van der Waals surface area contributed by atoms with Crippen molar-refractivity contribution in [3.05, 3.63) is 26.6 Å². The summed E-state index contributed by atoms with van der Waals surface area (Å²) in [5.74, 6) is -1.50. The van der Waals surface area contributed by atoms with Gasteiger partial charge in [-0.2, -0.15) is 13.2 Å². The van der Waals surface area contributed by atoms with Gasteiger partial charge in [0, 0.05) is 9.13 Å². The van der Waals surface area contributed by atoms with E-state index in [9.17, 15) is 26.7 Å². The maximum Gasteiger partial charge on any atom is 0.433 e. The molecule has 1 heterocycles. The average Bonchev–Trinajstić information content (AvgIpc) is 2.17. The summed E-state index contributed by atoms with van der Waals surface area (Å²) in [6, 6.07) is 0.749. The van der Waals surface area contributed by atoms with Crippen LogP contribution < -0.4 is 0 Å². The molecule has 3 nitrogen and oxygen atoms in total. The molecular weight excluding hydrogens is 376 g/mol. The molecule has 0 radical (unpaired) electrons. The standard InChI is InChI=1S/C9H5F5INO2/c10-8(11)5-2-4(15)3(1-6(17)18)7(16-5)9(12,13)14/h2,8H,1H2,(H,17,18). The van der Waals surface area contributed by atoms with E-state index in [-0.39, 0.29) is 3.57 Å². The van der Waals surface area contributed by atoms with Gasteiger partial charge in [-0.15, -0.1) is 0 Å². The first kappa shape index (κ1) is 15.1. The predicted molar refractivity (Wildman–Crippen MR) is 58.3 cm³/mol. The normalized spacial score (nSPS) is 11.9. The Balaban J connectivity index is 3.45. The first-order valence-corrected chi connectivity index (χ1v) is 5.47. The van der Waals surface area contributed by atoms with Gasteiger partial charge in [-0.05, 0) is 28.7 Å². The predicted octanol–water partition coefficient (Wildman–Crippen LogP) is 3.27. The second-order valence-electron chi connectivity index (χ2n) is 3.23. The highest BCUT2D eigenvalue weighted by molar-refractivity contribution is 14.1. The lowest BCUT2D eigenvalue weighted by Crippen LogP contribution is -2.17. The number of nitrogens with zero attached hydrogens (tertiary/aromatic N) is 1. The number of hydrogen-bond acceptors (Lipinski definition) is 2. The van der Waals surface area contributed by atoms with Crippen LogP contribution in [0.3, 0.4) is 0 Å². The fraction of sp³-hybridized carbons (Fsp3) is 0.333. The minimum atomic E-state index is -4.98. The van der Waals surface area contributed by atoms with Crippen molar-refractivity contribution in [1.82, 2.24) is 4.98 Å². The highest BCUT2D eigenvalue weighted by Gasteiger charge is 2.37. The lowest BCUT2D eigenvalue weighted by Gasteiger charge is -2.14. The number of aromatic nitrogens is 1. The van der Waals surface area contributed by atoms with Crippen molar-refractivity contribution in [2.24, 2.45) is 0 Å². The van der Waals surface area contributed by atoms with E-state index in [0.717, 1.165) is 6.07 Å². The molecular formula is C9H5F5INO2. The number of carbonyl (C=O) groups is 1. The molecule has 0 aliphatic heterocycles. The molecule has 0 atom stereocenters. The van der Waals surface area contributed by atoms with E-state index in [4.69, 9.17) is 5.11 Å². The summed E-state index contributed by atoms with van der Waals surface area (Å²) >= 11 is 1.38. The van der Waals surface area contributed by atoms with Crippen LogP contribution in [0.1, 0.15) is 23.4 Å². The number of carboxylic acid groups (broad SMARTS) is 1. The van der Waals surface area contributed by atoms with Gasteiger partial charge in [-0.1, -0.05) is 0 Å². The Morgan fingerprint density at radius 3 is 2.39 bits per heavy atom. The van der Waals surface area contributed by atoms with Gasteiger partial charge in [0.1, 0.15) is 11.4 Å². The lowest BCUT2D eigenvalue weighted by atomic mass is 10.1. The summed E-state index contributed by atoms with van der Waals surface area (Å²) in [4.78, 5) is 13.3. The van der Waals surface area contributed by atoms with Crippen molar-refractivity contribution in [2.45, 2.75) is 19.0 Å². The molecule has 9 heteroatoms. The van der Waals surface area contributed by atoms with Crippen molar-refractivity contribution in [3.8, 4) is 0 Å². The molecule has 0 aromatic carbocycles. The maximum atomic E-state index is 12.6. The first-order valence-electron chi connectivity index (χ1n) is 4.39. The van der Waals surface area contributed by atoms with Crippen molar-refractivity contribution in [3.63, 3.8) is 0 Å². The molecule has 1 aromatic rings. The zero-order valence-corrected chi connectivity index (χ0v) is 10.6. The van der Waals surface area contributed by atoms with Crippen molar-refractivity contribution < 1.29 is 31.9 Å². The lowest BCUT2D eigenvalue weighted by molar-refractivity contribution is -0.143. The van der Waals surface area contributed by atoms with Gasteiger partial charge in [-0.25, -0.2) is 13.8 Å². The second kappa shape index (κ2) is 5.33. The zero-order valence-electron chi connectivity index (χ0n) is 8.43. The molecule has 1 N–H and O–H groups in total. The minimum Gasteiger partial charge on any atom is -0.481 e. The van der Waals surface area contributed by atoms with E-state index in [2.05, 4.69) is 4.98 Å². The van der Waals surface area contributed by atoms with E-state index in [1.807, 2.05) is 0 Å². The number of aliphatic carboxylic acids is 1. The summed E-state index contributed by atoms with van der Waals surface area (Å²) in [7, 11) is 0. The Kier molecular flexibility index (Phi) is 4.46. The Morgan fingerprint density at radius 2 is 2.00 bits per heavy atom. The molecule has 0 amide bonds. The number of alkyl halides is 5. The fourth-order valence-electron chi connectivity index (χ4n) is 1.22. The van der Waals surface area contributed by atoms with Crippen LogP contribution in [0.25, 0.3) is 0 Å². The molecule has 0 saturated carbocycles. The molecule has 0 unspecified atom stereocenters. The average molecular weight is 381 g/mol. The number of pyridine rings is 1. The summed E-state index contributed by atoms with van der Waals surface area (Å²) in [5, 5.41) is 8.51.